The largest absolute Gasteiger partial charge is 0.393 e. The molecule has 1 aliphatic rings. The topological polar surface area (TPSA) is 91.5 Å². The lowest BCUT2D eigenvalue weighted by molar-refractivity contribution is 0.129. The van der Waals surface area contributed by atoms with Gasteiger partial charge in [-0.1, -0.05) is 35.5 Å². The van der Waals surface area contributed by atoms with Gasteiger partial charge >= 0.3 is 6.03 Å². The molecule has 0 unspecified atom stereocenters. The average molecular weight is 344 g/mol. The maximum absolute atomic E-state index is 12.3. The number of urea groups is 1. The van der Waals surface area contributed by atoms with E-state index in [1.54, 1.807) is 11.8 Å². The molecule has 1 fully saturated rings. The van der Waals surface area contributed by atoms with Crippen LogP contribution in [-0.2, 0) is 6.42 Å². The number of carbonyl (C=O) groups is 1. The minimum atomic E-state index is -0.384. The highest BCUT2D eigenvalue weighted by molar-refractivity contribution is 5.74. The van der Waals surface area contributed by atoms with Gasteiger partial charge in [0, 0.05) is 37.0 Å². The Hall–Kier alpha value is -2.41. The normalized spacial score (nSPS) is 19.6. The number of hydrogen-bond acceptors (Lipinski definition) is 5. The van der Waals surface area contributed by atoms with Crippen LogP contribution in [0.1, 0.15) is 26.2 Å². The van der Waals surface area contributed by atoms with Crippen LogP contribution in [0.5, 0.6) is 0 Å². The molecule has 2 N–H and O–H groups in total. The standard InChI is InChI=1S/C18H24N4O3/c1-12(19-18(24)22-9-8-15(11-22)13(2)23)10-16-20-17(21-25-16)14-6-4-3-5-7-14/h3-7,12-13,15,23H,8-11H2,1-2H3,(H,19,24)/t12-,13+,15-/m1/s1. The number of rotatable bonds is 5. The van der Waals surface area contributed by atoms with Crippen LogP contribution >= 0.6 is 0 Å². The number of nitrogens with zero attached hydrogens (tertiary/aromatic N) is 3. The average Bonchev–Trinajstić information content (AvgIpc) is 3.25. The van der Waals surface area contributed by atoms with Gasteiger partial charge in [0.1, 0.15) is 0 Å². The van der Waals surface area contributed by atoms with E-state index in [-0.39, 0.29) is 24.1 Å². The molecule has 1 saturated heterocycles. The van der Waals surface area contributed by atoms with Gasteiger partial charge in [0.15, 0.2) is 0 Å². The van der Waals surface area contributed by atoms with E-state index in [1.807, 2.05) is 37.3 Å². The maximum Gasteiger partial charge on any atom is 0.317 e. The van der Waals surface area contributed by atoms with Gasteiger partial charge in [0.2, 0.25) is 11.7 Å². The fourth-order valence-electron chi connectivity index (χ4n) is 3.02. The Morgan fingerprint density at radius 1 is 1.40 bits per heavy atom. The van der Waals surface area contributed by atoms with Crippen molar-refractivity contribution in [1.82, 2.24) is 20.4 Å². The summed E-state index contributed by atoms with van der Waals surface area (Å²) in [6.45, 7) is 4.95. The van der Waals surface area contributed by atoms with Gasteiger partial charge in [-0.25, -0.2) is 4.79 Å². The quantitative estimate of drug-likeness (QED) is 0.866. The predicted octanol–water partition coefficient (Wildman–Crippen LogP) is 2.08. The van der Waals surface area contributed by atoms with E-state index in [4.69, 9.17) is 4.52 Å². The number of likely N-dealkylation sites (tertiary alicyclic amines) is 1. The third-order valence-corrected chi connectivity index (χ3v) is 4.54. The Balaban J connectivity index is 1.52. The highest BCUT2D eigenvalue weighted by atomic mass is 16.5. The molecular weight excluding hydrogens is 320 g/mol. The zero-order valence-electron chi connectivity index (χ0n) is 14.6. The van der Waals surface area contributed by atoms with Crippen molar-refractivity contribution in [2.75, 3.05) is 13.1 Å². The molecule has 2 amide bonds. The molecule has 0 aliphatic carbocycles. The molecular formula is C18H24N4O3. The van der Waals surface area contributed by atoms with Crippen LogP contribution in [0.25, 0.3) is 11.4 Å². The monoisotopic (exact) mass is 344 g/mol. The smallest absolute Gasteiger partial charge is 0.317 e. The summed E-state index contributed by atoms with van der Waals surface area (Å²) in [5.74, 6) is 1.20. The van der Waals surface area contributed by atoms with Crippen molar-refractivity contribution in [1.29, 1.82) is 0 Å². The summed E-state index contributed by atoms with van der Waals surface area (Å²) in [6, 6.07) is 9.39. The Morgan fingerprint density at radius 3 is 2.84 bits per heavy atom. The number of aliphatic hydroxyl groups is 1. The van der Waals surface area contributed by atoms with Crippen molar-refractivity contribution in [3.05, 3.63) is 36.2 Å². The lowest BCUT2D eigenvalue weighted by atomic mass is 10.0. The van der Waals surface area contributed by atoms with E-state index in [0.717, 1.165) is 12.0 Å². The molecule has 1 aliphatic heterocycles. The first-order valence-corrected chi connectivity index (χ1v) is 8.64. The number of nitrogens with one attached hydrogen (secondary N) is 1. The molecule has 0 bridgehead atoms. The Labute approximate surface area is 147 Å². The Bertz CT molecular complexity index is 701. The number of benzene rings is 1. The molecule has 0 saturated carbocycles. The van der Waals surface area contributed by atoms with Gasteiger partial charge in [0.05, 0.1) is 6.10 Å². The van der Waals surface area contributed by atoms with Crippen molar-refractivity contribution >= 4 is 6.03 Å². The molecule has 3 atom stereocenters. The van der Waals surface area contributed by atoms with Gasteiger partial charge < -0.3 is 19.8 Å². The highest BCUT2D eigenvalue weighted by Crippen LogP contribution is 2.20. The molecule has 0 radical (unpaired) electrons. The van der Waals surface area contributed by atoms with E-state index in [2.05, 4.69) is 15.5 Å². The number of amides is 2. The summed E-state index contributed by atoms with van der Waals surface area (Å²) in [6.07, 6.45) is 0.924. The van der Waals surface area contributed by atoms with Gasteiger partial charge in [-0.2, -0.15) is 4.98 Å². The summed E-state index contributed by atoms with van der Waals surface area (Å²) in [5, 5.41) is 16.6. The fraction of sp³-hybridized carbons (Fsp3) is 0.500. The summed E-state index contributed by atoms with van der Waals surface area (Å²) in [5.41, 5.74) is 0.899. The van der Waals surface area contributed by atoms with Gasteiger partial charge in [0.25, 0.3) is 0 Å². The van der Waals surface area contributed by atoms with Gasteiger partial charge in [-0.3, -0.25) is 0 Å². The van der Waals surface area contributed by atoms with Crippen molar-refractivity contribution < 1.29 is 14.4 Å². The van der Waals surface area contributed by atoms with Crippen LogP contribution < -0.4 is 5.32 Å². The molecule has 1 aromatic heterocycles. The lowest BCUT2D eigenvalue weighted by Gasteiger charge is -2.21. The van der Waals surface area contributed by atoms with Crippen LogP contribution in [0, 0.1) is 5.92 Å². The Kier molecular flexibility index (Phi) is 5.33. The van der Waals surface area contributed by atoms with E-state index in [1.165, 1.54) is 0 Å². The van der Waals surface area contributed by atoms with Crippen LogP contribution in [0.4, 0.5) is 4.79 Å². The summed E-state index contributed by atoms with van der Waals surface area (Å²) >= 11 is 0. The van der Waals surface area contributed by atoms with E-state index in [9.17, 15) is 9.90 Å². The van der Waals surface area contributed by atoms with Crippen LogP contribution in [0.2, 0.25) is 0 Å². The van der Waals surface area contributed by atoms with Gasteiger partial charge in [-0.05, 0) is 20.3 Å². The zero-order chi connectivity index (χ0) is 17.8. The first-order chi connectivity index (χ1) is 12.0. The maximum atomic E-state index is 12.3. The molecule has 1 aromatic carbocycles. The van der Waals surface area contributed by atoms with Crippen LogP contribution in [-0.4, -0.2) is 51.4 Å². The molecule has 0 spiro atoms. The minimum absolute atomic E-state index is 0.113. The van der Waals surface area contributed by atoms with Crippen molar-refractivity contribution in [2.24, 2.45) is 5.92 Å². The number of aliphatic hydroxyl groups excluding tert-OH is 1. The molecule has 25 heavy (non-hydrogen) atoms. The van der Waals surface area contributed by atoms with Crippen molar-refractivity contribution in [3.63, 3.8) is 0 Å². The molecule has 7 nitrogen and oxygen atoms in total. The van der Waals surface area contributed by atoms with Crippen LogP contribution in [0.15, 0.2) is 34.9 Å². The van der Waals surface area contributed by atoms with Crippen molar-refractivity contribution in [2.45, 2.75) is 38.8 Å². The van der Waals surface area contributed by atoms with Crippen LogP contribution in [0.3, 0.4) is 0 Å². The number of carbonyl (C=O) groups excluding carboxylic acids is 1. The zero-order valence-corrected chi connectivity index (χ0v) is 14.6. The molecule has 7 heteroatoms. The van der Waals surface area contributed by atoms with E-state index < -0.39 is 0 Å². The lowest BCUT2D eigenvalue weighted by Crippen LogP contribution is -2.43. The second kappa shape index (κ2) is 7.65. The molecule has 2 heterocycles. The first-order valence-electron chi connectivity index (χ1n) is 8.64. The molecule has 134 valence electrons. The second-order valence-corrected chi connectivity index (χ2v) is 6.67. The van der Waals surface area contributed by atoms with Crippen molar-refractivity contribution in [3.8, 4) is 11.4 Å². The summed E-state index contributed by atoms with van der Waals surface area (Å²) in [4.78, 5) is 18.4. The Morgan fingerprint density at radius 2 is 2.16 bits per heavy atom. The fourth-order valence-corrected chi connectivity index (χ4v) is 3.02. The van der Waals surface area contributed by atoms with Gasteiger partial charge in [-0.15, -0.1) is 0 Å². The SMILES string of the molecule is C[C@H](Cc1nc(-c2ccccc2)no1)NC(=O)N1CC[C@@H]([C@H](C)O)C1. The summed E-state index contributed by atoms with van der Waals surface area (Å²) < 4.78 is 5.29. The second-order valence-electron chi connectivity index (χ2n) is 6.67. The first kappa shape index (κ1) is 17.4. The highest BCUT2D eigenvalue weighted by Gasteiger charge is 2.29. The van der Waals surface area contributed by atoms with E-state index >= 15 is 0 Å². The van der Waals surface area contributed by atoms with E-state index in [0.29, 0.717) is 31.2 Å². The predicted molar refractivity (Wildman–Crippen MR) is 92.8 cm³/mol. The minimum Gasteiger partial charge on any atom is -0.393 e. The molecule has 2 aromatic rings. The number of hydrogen-bond donors (Lipinski definition) is 2. The third kappa shape index (κ3) is 4.36. The molecule has 3 rings (SSSR count). The summed E-state index contributed by atoms with van der Waals surface area (Å²) in [7, 11) is 0. The third-order valence-electron chi connectivity index (χ3n) is 4.54. The number of aromatic nitrogens is 2.